The topological polar surface area (TPSA) is 36.3 Å². The maximum atomic E-state index is 6.06. The molecule has 18 heavy (non-hydrogen) atoms. The molecule has 1 aromatic heterocycles. The van der Waals surface area contributed by atoms with Gasteiger partial charge in [-0.3, -0.25) is 4.68 Å². The van der Waals surface area contributed by atoms with Gasteiger partial charge in [-0.25, -0.2) is 0 Å². The van der Waals surface area contributed by atoms with E-state index in [1.165, 1.54) is 0 Å². The van der Waals surface area contributed by atoms with Crippen LogP contribution in [0.25, 0.3) is 0 Å². The molecular weight excluding hydrogens is 227 g/mol. The van der Waals surface area contributed by atoms with E-state index >= 15 is 0 Å². The Kier molecular flexibility index (Phi) is 2.91. The van der Waals surface area contributed by atoms with Crippen molar-refractivity contribution in [2.75, 3.05) is 0 Å². The molecular formula is C13H23BN2O2. The Hall–Kier alpha value is -0.805. The Labute approximate surface area is 110 Å². The van der Waals surface area contributed by atoms with Gasteiger partial charge in [-0.2, -0.15) is 5.10 Å². The summed E-state index contributed by atoms with van der Waals surface area (Å²) in [6, 6.07) is 1.97. The van der Waals surface area contributed by atoms with E-state index in [1.54, 1.807) is 6.20 Å². The molecule has 0 atom stereocenters. The summed E-state index contributed by atoms with van der Waals surface area (Å²) in [5.74, 6) is 0. The molecule has 0 aromatic carbocycles. The van der Waals surface area contributed by atoms with Gasteiger partial charge in [0, 0.05) is 6.20 Å². The summed E-state index contributed by atoms with van der Waals surface area (Å²) in [6.45, 7) is 14.6. The summed E-state index contributed by atoms with van der Waals surface area (Å²) < 4.78 is 14.1. The van der Waals surface area contributed by atoms with Crippen LogP contribution in [0.15, 0.2) is 12.3 Å². The molecule has 1 aliphatic rings. The van der Waals surface area contributed by atoms with Crippen molar-refractivity contribution in [1.82, 2.24) is 9.78 Å². The second-order valence-corrected chi connectivity index (χ2v) is 6.93. The van der Waals surface area contributed by atoms with Crippen LogP contribution < -0.4 is 5.59 Å². The highest BCUT2D eigenvalue weighted by Crippen LogP contribution is 2.36. The van der Waals surface area contributed by atoms with Gasteiger partial charge in [0.05, 0.1) is 22.3 Å². The lowest BCUT2D eigenvalue weighted by molar-refractivity contribution is 0.00578. The zero-order valence-corrected chi connectivity index (χ0v) is 12.4. The molecule has 0 saturated carbocycles. The normalized spacial score (nSPS) is 22.5. The second-order valence-electron chi connectivity index (χ2n) is 6.93. The van der Waals surface area contributed by atoms with Crippen molar-refractivity contribution in [2.45, 2.75) is 65.2 Å². The highest BCUT2D eigenvalue weighted by Gasteiger charge is 2.53. The summed E-state index contributed by atoms with van der Waals surface area (Å²) >= 11 is 0. The second kappa shape index (κ2) is 3.84. The number of hydrogen-bond donors (Lipinski definition) is 0. The maximum Gasteiger partial charge on any atom is 0.514 e. The van der Waals surface area contributed by atoms with Crippen molar-refractivity contribution in [3.63, 3.8) is 0 Å². The van der Waals surface area contributed by atoms with E-state index in [-0.39, 0.29) is 23.9 Å². The molecule has 2 heterocycles. The molecule has 4 nitrogen and oxygen atoms in total. The lowest BCUT2D eigenvalue weighted by atomic mass is 9.83. The Balaban J connectivity index is 2.34. The molecule has 0 radical (unpaired) electrons. The van der Waals surface area contributed by atoms with Gasteiger partial charge in [-0.05, 0) is 54.5 Å². The van der Waals surface area contributed by atoms with Gasteiger partial charge < -0.3 is 9.31 Å². The quantitative estimate of drug-likeness (QED) is 0.714. The monoisotopic (exact) mass is 250 g/mol. The largest absolute Gasteiger partial charge is 0.514 e. The zero-order valence-electron chi connectivity index (χ0n) is 12.4. The van der Waals surface area contributed by atoms with Crippen molar-refractivity contribution < 1.29 is 9.31 Å². The van der Waals surface area contributed by atoms with Crippen LogP contribution >= 0.6 is 0 Å². The zero-order chi connectivity index (χ0) is 13.8. The maximum absolute atomic E-state index is 6.06. The van der Waals surface area contributed by atoms with Gasteiger partial charge in [0.25, 0.3) is 0 Å². The third-order valence-corrected chi connectivity index (χ3v) is 3.80. The first-order valence-corrected chi connectivity index (χ1v) is 6.45. The fraction of sp³-hybridized carbons (Fsp3) is 0.769. The Morgan fingerprint density at radius 3 is 2.06 bits per heavy atom. The summed E-state index contributed by atoms with van der Waals surface area (Å²) in [5.41, 5.74) is 0.263. The molecule has 0 amide bonds. The Morgan fingerprint density at radius 1 is 1.11 bits per heavy atom. The minimum atomic E-state index is -0.350. The highest BCUT2D eigenvalue weighted by atomic mass is 16.7. The summed E-state index contributed by atoms with van der Waals surface area (Å²) in [6.07, 6.45) is 1.80. The van der Waals surface area contributed by atoms with Crippen LogP contribution in [0, 0.1) is 0 Å². The Morgan fingerprint density at radius 2 is 1.61 bits per heavy atom. The third kappa shape index (κ3) is 2.10. The van der Waals surface area contributed by atoms with E-state index < -0.39 is 0 Å². The third-order valence-electron chi connectivity index (χ3n) is 3.80. The molecule has 1 aromatic rings. The molecule has 0 aliphatic carbocycles. The van der Waals surface area contributed by atoms with Crippen molar-refractivity contribution >= 4 is 12.7 Å². The molecule has 1 fully saturated rings. The molecule has 1 aliphatic heterocycles. The first kappa shape index (κ1) is 13.6. The van der Waals surface area contributed by atoms with Gasteiger partial charge in [-0.1, -0.05) is 0 Å². The molecule has 0 unspecified atom stereocenters. The van der Waals surface area contributed by atoms with Crippen LogP contribution in [-0.4, -0.2) is 28.1 Å². The minimum absolute atomic E-state index is 0.0809. The van der Waals surface area contributed by atoms with Crippen molar-refractivity contribution in [3.05, 3.63) is 12.3 Å². The van der Waals surface area contributed by atoms with Gasteiger partial charge in [0.2, 0.25) is 0 Å². The number of aromatic nitrogens is 2. The standard InChI is InChI=1S/C13H23BN2O2/c1-11(2,3)16-10(8-9-15-16)14-17-12(4,5)13(6,7)18-14/h8-9H,1-7H3. The van der Waals surface area contributed by atoms with E-state index in [2.05, 4.69) is 53.6 Å². The van der Waals surface area contributed by atoms with Crippen LogP contribution in [0.1, 0.15) is 48.5 Å². The van der Waals surface area contributed by atoms with Gasteiger partial charge in [0.1, 0.15) is 0 Å². The van der Waals surface area contributed by atoms with Crippen LogP contribution in [0.4, 0.5) is 0 Å². The van der Waals surface area contributed by atoms with E-state index in [0.717, 1.165) is 5.59 Å². The summed E-state index contributed by atoms with van der Waals surface area (Å²) in [5, 5.41) is 4.38. The fourth-order valence-electron chi connectivity index (χ4n) is 2.02. The predicted octanol–water partition coefficient (Wildman–Crippen LogP) is 1.94. The molecule has 0 N–H and O–H groups in total. The van der Waals surface area contributed by atoms with Gasteiger partial charge in [0.15, 0.2) is 0 Å². The van der Waals surface area contributed by atoms with Crippen molar-refractivity contribution in [3.8, 4) is 0 Å². The number of nitrogens with zero attached hydrogens (tertiary/aromatic N) is 2. The van der Waals surface area contributed by atoms with Crippen LogP contribution in [0.2, 0.25) is 0 Å². The predicted molar refractivity (Wildman–Crippen MR) is 72.9 cm³/mol. The lowest BCUT2D eigenvalue weighted by Crippen LogP contribution is -2.44. The smallest absolute Gasteiger partial charge is 0.398 e. The molecule has 2 rings (SSSR count). The minimum Gasteiger partial charge on any atom is -0.398 e. The Bertz CT molecular complexity index is 430. The lowest BCUT2D eigenvalue weighted by Gasteiger charge is -2.32. The highest BCUT2D eigenvalue weighted by molar-refractivity contribution is 6.61. The average Bonchev–Trinajstić information content (AvgIpc) is 2.68. The molecule has 100 valence electrons. The molecule has 0 bridgehead atoms. The first-order chi connectivity index (χ1) is 8.05. The molecule has 1 saturated heterocycles. The van der Waals surface area contributed by atoms with Crippen molar-refractivity contribution in [1.29, 1.82) is 0 Å². The van der Waals surface area contributed by atoms with Crippen LogP contribution in [-0.2, 0) is 14.8 Å². The van der Waals surface area contributed by atoms with Crippen LogP contribution in [0.5, 0.6) is 0 Å². The molecule has 5 heteroatoms. The number of rotatable bonds is 1. The first-order valence-electron chi connectivity index (χ1n) is 6.45. The number of hydrogen-bond acceptors (Lipinski definition) is 3. The van der Waals surface area contributed by atoms with E-state index in [0.29, 0.717) is 0 Å². The summed E-state index contributed by atoms with van der Waals surface area (Å²) in [7, 11) is -0.350. The summed E-state index contributed by atoms with van der Waals surface area (Å²) in [4.78, 5) is 0. The molecule has 0 spiro atoms. The van der Waals surface area contributed by atoms with Gasteiger partial charge >= 0.3 is 7.12 Å². The van der Waals surface area contributed by atoms with Gasteiger partial charge in [-0.15, -0.1) is 0 Å². The van der Waals surface area contributed by atoms with Crippen molar-refractivity contribution in [2.24, 2.45) is 0 Å². The van der Waals surface area contributed by atoms with Crippen LogP contribution in [0.3, 0.4) is 0 Å². The average molecular weight is 250 g/mol. The van der Waals surface area contributed by atoms with E-state index in [9.17, 15) is 0 Å². The van der Waals surface area contributed by atoms with E-state index in [4.69, 9.17) is 9.31 Å². The van der Waals surface area contributed by atoms with E-state index in [1.807, 2.05) is 10.7 Å². The SMILES string of the molecule is CC(C)(C)n1nccc1B1OC(C)(C)C(C)(C)O1. The fourth-order valence-corrected chi connectivity index (χ4v) is 2.02.